The van der Waals surface area contributed by atoms with Crippen molar-refractivity contribution in [1.82, 2.24) is 19.7 Å². The van der Waals surface area contributed by atoms with Gasteiger partial charge in [-0.2, -0.15) is 5.10 Å². The predicted octanol–water partition coefficient (Wildman–Crippen LogP) is 7.75. The van der Waals surface area contributed by atoms with Crippen LogP contribution >= 0.6 is 0 Å². The molecule has 2 N–H and O–H groups in total. The summed E-state index contributed by atoms with van der Waals surface area (Å²) in [4.78, 5) is 21.1. The predicted molar refractivity (Wildman–Crippen MR) is 162 cm³/mol. The van der Waals surface area contributed by atoms with E-state index >= 15 is 0 Å². The Balaban J connectivity index is 1.31. The van der Waals surface area contributed by atoms with Gasteiger partial charge in [-0.3, -0.25) is 4.79 Å². The summed E-state index contributed by atoms with van der Waals surface area (Å²) >= 11 is 0. The molecule has 5 rings (SSSR count). The first-order valence-electron chi connectivity index (χ1n) is 14.8. The molecule has 8 heteroatoms. The fourth-order valence-electron chi connectivity index (χ4n) is 6.06. The number of hydrogen-bond acceptors (Lipinski definition) is 7. The van der Waals surface area contributed by atoms with Crippen molar-refractivity contribution in [3.8, 4) is 22.8 Å². The first-order valence-corrected chi connectivity index (χ1v) is 14.8. The Morgan fingerprint density at radius 1 is 0.976 bits per heavy atom. The maximum Gasteiger partial charge on any atom is 0.306 e. The van der Waals surface area contributed by atoms with Crippen LogP contribution in [0.3, 0.4) is 0 Å². The molecule has 0 aliphatic heterocycles. The van der Waals surface area contributed by atoms with Gasteiger partial charge < -0.3 is 15.2 Å². The summed E-state index contributed by atoms with van der Waals surface area (Å²) in [6, 6.07) is 17.9. The standard InChI is InChI=1S/C33H41N5O3/c1-5-22-19-25(20-24(22)11-9-10-14-28(39)41-33(2,3)4)38-32-29(31(34)35-21-36-32)30(37-38)23-15-17-27(18-16-23)40-26-12-7-6-8-13-26/h6-8,12-13,15-18,21-22,24-25H,5,9-11,14,19-20H2,1-4H3,(H2,34,35,36)/t22-,24+,25+/m1/s1. The molecule has 1 aliphatic rings. The molecule has 1 fully saturated rings. The zero-order chi connectivity index (χ0) is 29.0. The summed E-state index contributed by atoms with van der Waals surface area (Å²) in [6.07, 6.45) is 8.19. The van der Waals surface area contributed by atoms with Crippen molar-refractivity contribution >= 4 is 22.8 Å². The van der Waals surface area contributed by atoms with Gasteiger partial charge in [0.1, 0.15) is 34.9 Å². The number of ether oxygens (including phenoxy) is 2. The maximum atomic E-state index is 12.1. The van der Waals surface area contributed by atoms with Gasteiger partial charge >= 0.3 is 5.97 Å². The van der Waals surface area contributed by atoms with Gasteiger partial charge in [0.05, 0.1) is 11.4 Å². The second-order valence-corrected chi connectivity index (χ2v) is 12.1. The molecule has 0 amide bonds. The molecule has 8 nitrogen and oxygen atoms in total. The van der Waals surface area contributed by atoms with E-state index in [-0.39, 0.29) is 12.0 Å². The van der Waals surface area contributed by atoms with Crippen LogP contribution in [0, 0.1) is 11.8 Å². The van der Waals surface area contributed by atoms with E-state index in [4.69, 9.17) is 20.3 Å². The van der Waals surface area contributed by atoms with Crippen molar-refractivity contribution in [3.05, 3.63) is 60.9 Å². The number of nitrogens with zero attached hydrogens (tertiary/aromatic N) is 4. The molecule has 0 spiro atoms. The molecule has 41 heavy (non-hydrogen) atoms. The number of nitrogen functional groups attached to an aromatic ring is 1. The molecule has 1 aliphatic carbocycles. The smallest absolute Gasteiger partial charge is 0.306 e. The molecule has 1 saturated carbocycles. The number of benzene rings is 2. The molecule has 3 atom stereocenters. The highest BCUT2D eigenvalue weighted by Gasteiger charge is 2.36. The molecule has 0 bridgehead atoms. The summed E-state index contributed by atoms with van der Waals surface area (Å²) in [6.45, 7) is 8.00. The molecule has 4 aromatic rings. The summed E-state index contributed by atoms with van der Waals surface area (Å²) in [5, 5.41) is 5.90. The number of carbonyl (C=O) groups excluding carboxylic acids is 1. The van der Waals surface area contributed by atoms with Crippen LogP contribution in [-0.4, -0.2) is 31.3 Å². The van der Waals surface area contributed by atoms with Crippen molar-refractivity contribution in [2.45, 2.75) is 84.3 Å². The zero-order valence-corrected chi connectivity index (χ0v) is 24.5. The van der Waals surface area contributed by atoms with Crippen LogP contribution < -0.4 is 10.5 Å². The minimum Gasteiger partial charge on any atom is -0.460 e. The fraction of sp³-hybridized carbons (Fsp3) is 0.455. The molecule has 2 aromatic carbocycles. The summed E-state index contributed by atoms with van der Waals surface area (Å²) in [7, 11) is 0. The number of unbranched alkanes of at least 4 members (excludes halogenated alkanes) is 1. The maximum absolute atomic E-state index is 12.1. The van der Waals surface area contributed by atoms with Gasteiger partial charge in [-0.15, -0.1) is 0 Å². The molecule has 2 aromatic heterocycles. The number of para-hydroxylation sites is 1. The molecule has 216 valence electrons. The van der Waals surface area contributed by atoms with Crippen LogP contribution in [0.25, 0.3) is 22.3 Å². The number of carbonyl (C=O) groups is 1. The average Bonchev–Trinajstić information content (AvgIpc) is 3.53. The van der Waals surface area contributed by atoms with Crippen molar-refractivity contribution in [2.24, 2.45) is 11.8 Å². The van der Waals surface area contributed by atoms with Crippen LogP contribution in [-0.2, 0) is 9.53 Å². The van der Waals surface area contributed by atoms with Crippen molar-refractivity contribution in [3.63, 3.8) is 0 Å². The molecular weight excluding hydrogens is 514 g/mol. The normalized spacial score (nSPS) is 19.0. The summed E-state index contributed by atoms with van der Waals surface area (Å²) in [5.74, 6) is 3.06. The highest BCUT2D eigenvalue weighted by Crippen LogP contribution is 2.45. The molecule has 0 radical (unpaired) electrons. The third kappa shape index (κ3) is 6.87. The Bertz CT molecular complexity index is 1460. The quantitative estimate of drug-likeness (QED) is 0.157. The largest absolute Gasteiger partial charge is 0.460 e. The SMILES string of the molecule is CC[C@@H]1C[C@H](n2nc(-c3ccc(Oc4ccccc4)cc3)c3c(N)ncnc32)C[C@@H]1CCCCC(=O)OC(C)(C)C. The van der Waals surface area contributed by atoms with E-state index in [9.17, 15) is 4.79 Å². The molecule has 2 heterocycles. The molecule has 0 saturated heterocycles. The van der Waals surface area contributed by atoms with E-state index in [2.05, 4.69) is 21.6 Å². The number of fused-ring (bicyclic) bond motifs is 1. The van der Waals surface area contributed by atoms with E-state index in [1.54, 1.807) is 0 Å². The van der Waals surface area contributed by atoms with Crippen molar-refractivity contribution < 1.29 is 14.3 Å². The first-order chi connectivity index (χ1) is 19.7. The highest BCUT2D eigenvalue weighted by atomic mass is 16.6. The third-order valence-corrected chi connectivity index (χ3v) is 7.94. The summed E-state index contributed by atoms with van der Waals surface area (Å²) < 4.78 is 13.5. The van der Waals surface area contributed by atoms with E-state index < -0.39 is 5.60 Å². The van der Waals surface area contributed by atoms with E-state index in [0.717, 1.165) is 72.3 Å². The van der Waals surface area contributed by atoms with Crippen LogP contribution in [0.1, 0.15) is 78.7 Å². The monoisotopic (exact) mass is 555 g/mol. The Kier molecular flexibility index (Phi) is 8.57. The number of anilines is 1. The van der Waals surface area contributed by atoms with Crippen LogP contribution in [0.5, 0.6) is 11.5 Å². The van der Waals surface area contributed by atoms with Gasteiger partial charge in [0, 0.05) is 12.0 Å². The Hall–Kier alpha value is -3.94. The van der Waals surface area contributed by atoms with Gasteiger partial charge in [-0.25, -0.2) is 14.6 Å². The fourth-order valence-corrected chi connectivity index (χ4v) is 6.06. The first kappa shape index (κ1) is 28.6. The number of rotatable bonds is 10. The highest BCUT2D eigenvalue weighted by molar-refractivity contribution is 5.98. The Morgan fingerprint density at radius 2 is 1.68 bits per heavy atom. The van der Waals surface area contributed by atoms with Gasteiger partial charge in [0.2, 0.25) is 0 Å². The minimum absolute atomic E-state index is 0.110. The lowest BCUT2D eigenvalue weighted by Crippen LogP contribution is -2.23. The summed E-state index contributed by atoms with van der Waals surface area (Å²) in [5.41, 5.74) is 8.48. The van der Waals surface area contributed by atoms with E-state index in [1.807, 2.05) is 75.4 Å². The number of nitrogens with two attached hydrogens (primary N) is 1. The van der Waals surface area contributed by atoms with Crippen LogP contribution in [0.2, 0.25) is 0 Å². The number of esters is 1. The van der Waals surface area contributed by atoms with Gasteiger partial charge in [-0.1, -0.05) is 44.4 Å². The Morgan fingerprint density at radius 3 is 2.39 bits per heavy atom. The minimum atomic E-state index is -0.431. The molecular formula is C33H41N5O3. The zero-order valence-electron chi connectivity index (χ0n) is 24.5. The molecule has 0 unspecified atom stereocenters. The Labute approximate surface area is 242 Å². The third-order valence-electron chi connectivity index (χ3n) is 7.94. The second kappa shape index (κ2) is 12.3. The van der Waals surface area contributed by atoms with Crippen molar-refractivity contribution in [2.75, 3.05) is 5.73 Å². The van der Waals surface area contributed by atoms with E-state index in [1.165, 1.54) is 6.33 Å². The topological polar surface area (TPSA) is 105 Å². The number of hydrogen-bond donors (Lipinski definition) is 1. The van der Waals surface area contributed by atoms with Crippen LogP contribution in [0.15, 0.2) is 60.9 Å². The average molecular weight is 556 g/mol. The van der Waals surface area contributed by atoms with E-state index in [0.29, 0.717) is 24.1 Å². The lowest BCUT2D eigenvalue weighted by Gasteiger charge is -2.20. The lowest BCUT2D eigenvalue weighted by atomic mass is 9.89. The van der Waals surface area contributed by atoms with Crippen LogP contribution in [0.4, 0.5) is 5.82 Å². The number of aromatic nitrogens is 4. The lowest BCUT2D eigenvalue weighted by molar-refractivity contribution is -0.154. The van der Waals surface area contributed by atoms with Gasteiger partial charge in [0.25, 0.3) is 0 Å². The van der Waals surface area contributed by atoms with Crippen molar-refractivity contribution in [1.29, 1.82) is 0 Å². The van der Waals surface area contributed by atoms with Gasteiger partial charge in [-0.05, 0) is 88.3 Å². The van der Waals surface area contributed by atoms with Gasteiger partial charge in [0.15, 0.2) is 5.65 Å². The second-order valence-electron chi connectivity index (χ2n) is 12.1.